The molecule has 0 aromatic heterocycles. The summed E-state index contributed by atoms with van der Waals surface area (Å²) in [5.74, 6) is 0.388. The van der Waals surface area contributed by atoms with Crippen LogP contribution < -0.4 is 4.74 Å². The number of halogens is 1. The minimum Gasteiger partial charge on any atom is -0.492 e. The first-order valence-corrected chi connectivity index (χ1v) is 7.87. The van der Waals surface area contributed by atoms with E-state index in [0.717, 1.165) is 0 Å². The Kier molecular flexibility index (Phi) is 4.67. The van der Waals surface area contributed by atoms with Crippen LogP contribution in [0.25, 0.3) is 0 Å². The van der Waals surface area contributed by atoms with Gasteiger partial charge in [0, 0.05) is 19.2 Å². The molecule has 0 radical (unpaired) electrons. The Labute approximate surface area is 118 Å². The Morgan fingerprint density at radius 3 is 2.68 bits per heavy atom. The summed E-state index contributed by atoms with van der Waals surface area (Å²) in [7, 11) is -3.50. The fourth-order valence-electron chi connectivity index (χ4n) is 1.85. The van der Waals surface area contributed by atoms with Gasteiger partial charge in [0.1, 0.15) is 5.75 Å². The third kappa shape index (κ3) is 3.20. The van der Waals surface area contributed by atoms with E-state index in [9.17, 15) is 8.42 Å². The van der Waals surface area contributed by atoms with E-state index < -0.39 is 10.0 Å². The molecule has 1 saturated heterocycles. The Bertz CT molecular complexity index is 541. The summed E-state index contributed by atoms with van der Waals surface area (Å²) in [6, 6.07) is 4.51. The van der Waals surface area contributed by atoms with E-state index in [1.165, 1.54) is 16.4 Å². The van der Waals surface area contributed by atoms with Crippen LogP contribution in [0.1, 0.15) is 6.92 Å². The summed E-state index contributed by atoms with van der Waals surface area (Å²) in [5, 5.41) is 0.405. The number of ether oxygens (including phenoxy) is 2. The second kappa shape index (κ2) is 6.09. The smallest absolute Gasteiger partial charge is 0.243 e. The molecule has 2 rings (SSSR count). The Morgan fingerprint density at radius 1 is 1.37 bits per heavy atom. The molecule has 0 bridgehead atoms. The SMILES string of the molecule is CCOc1cc(S(=O)(=O)N2CCOCC2)ccc1Cl. The molecule has 0 spiro atoms. The van der Waals surface area contributed by atoms with Crippen LogP contribution in [0.5, 0.6) is 5.75 Å². The largest absolute Gasteiger partial charge is 0.492 e. The molecule has 0 unspecified atom stereocenters. The van der Waals surface area contributed by atoms with Crippen molar-refractivity contribution in [2.75, 3.05) is 32.9 Å². The summed E-state index contributed by atoms with van der Waals surface area (Å²) < 4.78 is 36.7. The Morgan fingerprint density at radius 2 is 2.05 bits per heavy atom. The highest BCUT2D eigenvalue weighted by atomic mass is 35.5. The van der Waals surface area contributed by atoms with Crippen molar-refractivity contribution >= 4 is 21.6 Å². The number of nitrogens with zero attached hydrogens (tertiary/aromatic N) is 1. The molecular formula is C12H16ClNO4S. The molecule has 1 aliphatic heterocycles. The van der Waals surface area contributed by atoms with Gasteiger partial charge in [-0.25, -0.2) is 8.42 Å². The maximum Gasteiger partial charge on any atom is 0.243 e. The van der Waals surface area contributed by atoms with Gasteiger partial charge >= 0.3 is 0 Å². The highest BCUT2D eigenvalue weighted by Crippen LogP contribution is 2.29. The van der Waals surface area contributed by atoms with Gasteiger partial charge in [-0.05, 0) is 19.1 Å². The second-order valence-corrected chi connectivity index (χ2v) is 6.39. The number of sulfonamides is 1. The fourth-order valence-corrected chi connectivity index (χ4v) is 3.44. The Hall–Kier alpha value is -0.820. The zero-order valence-corrected chi connectivity index (χ0v) is 12.2. The Balaban J connectivity index is 2.31. The number of morpholine rings is 1. The first-order valence-electron chi connectivity index (χ1n) is 6.06. The van der Waals surface area contributed by atoms with Crippen molar-refractivity contribution in [3.63, 3.8) is 0 Å². The number of benzene rings is 1. The van der Waals surface area contributed by atoms with E-state index >= 15 is 0 Å². The fraction of sp³-hybridized carbons (Fsp3) is 0.500. The molecule has 1 fully saturated rings. The molecule has 1 aliphatic rings. The summed E-state index contributed by atoms with van der Waals surface area (Å²) >= 11 is 5.96. The summed E-state index contributed by atoms with van der Waals surface area (Å²) in [6.07, 6.45) is 0. The van der Waals surface area contributed by atoms with Crippen LogP contribution in [-0.4, -0.2) is 45.6 Å². The normalized spacial score (nSPS) is 17.4. The third-order valence-electron chi connectivity index (χ3n) is 2.81. The molecule has 0 N–H and O–H groups in total. The van der Waals surface area contributed by atoms with Crippen molar-refractivity contribution in [3.05, 3.63) is 23.2 Å². The minimum absolute atomic E-state index is 0.197. The third-order valence-corrected chi connectivity index (χ3v) is 5.02. The van der Waals surface area contributed by atoms with Gasteiger partial charge in [0.15, 0.2) is 0 Å². The lowest BCUT2D eigenvalue weighted by Gasteiger charge is -2.26. The number of hydrogen-bond donors (Lipinski definition) is 0. The lowest BCUT2D eigenvalue weighted by molar-refractivity contribution is 0.0730. The lowest BCUT2D eigenvalue weighted by Crippen LogP contribution is -2.40. The van der Waals surface area contributed by atoms with Gasteiger partial charge in [0.2, 0.25) is 10.0 Å². The molecular weight excluding hydrogens is 290 g/mol. The van der Waals surface area contributed by atoms with Crippen LogP contribution in [0.3, 0.4) is 0 Å². The summed E-state index contributed by atoms with van der Waals surface area (Å²) in [4.78, 5) is 0.197. The first kappa shape index (κ1) is 14.6. The number of hydrogen-bond acceptors (Lipinski definition) is 4. The average molecular weight is 306 g/mol. The van der Waals surface area contributed by atoms with Gasteiger partial charge in [0.05, 0.1) is 29.7 Å². The maximum absolute atomic E-state index is 12.4. The van der Waals surface area contributed by atoms with Crippen molar-refractivity contribution in [2.45, 2.75) is 11.8 Å². The highest BCUT2D eigenvalue weighted by Gasteiger charge is 2.26. The van der Waals surface area contributed by atoms with Crippen LogP contribution in [0.4, 0.5) is 0 Å². The standard InChI is InChI=1S/C12H16ClNO4S/c1-2-18-12-9-10(3-4-11(12)13)19(15,16)14-5-7-17-8-6-14/h3-4,9H,2,5-8H2,1H3. The molecule has 5 nitrogen and oxygen atoms in total. The van der Waals surface area contributed by atoms with Crippen LogP contribution in [-0.2, 0) is 14.8 Å². The first-order chi connectivity index (χ1) is 9.05. The molecule has 1 heterocycles. The average Bonchev–Trinajstić information content (AvgIpc) is 2.42. The van der Waals surface area contributed by atoms with Crippen molar-refractivity contribution in [3.8, 4) is 5.75 Å². The molecule has 7 heteroatoms. The van der Waals surface area contributed by atoms with Crippen LogP contribution >= 0.6 is 11.6 Å². The molecule has 106 valence electrons. The van der Waals surface area contributed by atoms with Crippen LogP contribution in [0, 0.1) is 0 Å². The molecule has 19 heavy (non-hydrogen) atoms. The zero-order valence-electron chi connectivity index (χ0n) is 10.6. The lowest BCUT2D eigenvalue weighted by atomic mass is 10.3. The molecule has 0 aliphatic carbocycles. The van der Waals surface area contributed by atoms with Gasteiger partial charge in [-0.3, -0.25) is 0 Å². The van der Waals surface area contributed by atoms with Crippen molar-refractivity contribution in [1.82, 2.24) is 4.31 Å². The predicted octanol–water partition coefficient (Wildman–Crippen LogP) is 1.76. The van der Waals surface area contributed by atoms with E-state index in [1.54, 1.807) is 6.07 Å². The van der Waals surface area contributed by atoms with Crippen LogP contribution in [0.2, 0.25) is 5.02 Å². The van der Waals surface area contributed by atoms with E-state index in [-0.39, 0.29) is 4.90 Å². The quantitative estimate of drug-likeness (QED) is 0.850. The molecule has 1 aromatic carbocycles. The molecule has 0 amide bonds. The van der Waals surface area contributed by atoms with E-state index in [4.69, 9.17) is 21.1 Å². The van der Waals surface area contributed by atoms with Crippen molar-refractivity contribution < 1.29 is 17.9 Å². The van der Waals surface area contributed by atoms with Gasteiger partial charge in [0.25, 0.3) is 0 Å². The maximum atomic E-state index is 12.4. The van der Waals surface area contributed by atoms with E-state index in [0.29, 0.717) is 43.7 Å². The predicted molar refractivity (Wildman–Crippen MR) is 72.2 cm³/mol. The van der Waals surface area contributed by atoms with Gasteiger partial charge in [-0.1, -0.05) is 11.6 Å². The van der Waals surface area contributed by atoms with Crippen LogP contribution in [0.15, 0.2) is 23.1 Å². The molecule has 1 aromatic rings. The zero-order chi connectivity index (χ0) is 13.9. The van der Waals surface area contributed by atoms with E-state index in [1.807, 2.05) is 6.92 Å². The molecule has 0 saturated carbocycles. The van der Waals surface area contributed by atoms with Gasteiger partial charge in [-0.2, -0.15) is 4.31 Å². The summed E-state index contributed by atoms with van der Waals surface area (Å²) in [6.45, 7) is 3.83. The van der Waals surface area contributed by atoms with E-state index in [2.05, 4.69) is 0 Å². The number of rotatable bonds is 4. The monoisotopic (exact) mass is 305 g/mol. The second-order valence-electron chi connectivity index (χ2n) is 4.04. The highest BCUT2D eigenvalue weighted by molar-refractivity contribution is 7.89. The topological polar surface area (TPSA) is 55.8 Å². The van der Waals surface area contributed by atoms with Gasteiger partial charge in [-0.15, -0.1) is 0 Å². The summed E-state index contributed by atoms with van der Waals surface area (Å²) in [5.41, 5.74) is 0. The van der Waals surface area contributed by atoms with Crippen molar-refractivity contribution in [1.29, 1.82) is 0 Å². The van der Waals surface area contributed by atoms with Gasteiger partial charge < -0.3 is 9.47 Å². The van der Waals surface area contributed by atoms with Crippen molar-refractivity contribution in [2.24, 2.45) is 0 Å². The minimum atomic E-state index is -3.50. The molecule has 0 atom stereocenters.